The third-order valence-corrected chi connectivity index (χ3v) is 2.96. The summed E-state index contributed by atoms with van der Waals surface area (Å²) in [5.74, 6) is -0.202. The van der Waals surface area contributed by atoms with Gasteiger partial charge in [0.15, 0.2) is 0 Å². The van der Waals surface area contributed by atoms with Crippen LogP contribution in [0.5, 0.6) is 0 Å². The molecule has 0 aliphatic heterocycles. The van der Waals surface area contributed by atoms with E-state index in [9.17, 15) is 4.39 Å². The van der Waals surface area contributed by atoms with Crippen LogP contribution in [0.2, 0.25) is 0 Å². The summed E-state index contributed by atoms with van der Waals surface area (Å²) in [6.07, 6.45) is 2.16. The van der Waals surface area contributed by atoms with Crippen LogP contribution in [0.4, 0.5) is 10.1 Å². The van der Waals surface area contributed by atoms with Gasteiger partial charge in [0.2, 0.25) is 0 Å². The highest BCUT2D eigenvalue weighted by molar-refractivity contribution is 5.45. The summed E-state index contributed by atoms with van der Waals surface area (Å²) in [5.41, 5.74) is 2.22. The molecule has 0 aliphatic rings. The molecule has 1 atom stereocenters. The molecule has 2 aromatic rings. The molecule has 0 saturated carbocycles. The Morgan fingerprint density at radius 2 is 1.67 bits per heavy atom. The Balaban J connectivity index is 2.14. The molecule has 0 saturated heterocycles. The number of hydrogen-bond acceptors (Lipinski definition) is 1. The minimum Gasteiger partial charge on any atom is -0.378 e. The molecule has 94 valence electrons. The fraction of sp³-hybridized carbons (Fsp3) is 0.250. The molecular formula is C16H18FN. The summed E-state index contributed by atoms with van der Waals surface area (Å²) < 4.78 is 12.9. The summed E-state index contributed by atoms with van der Waals surface area (Å²) in [7, 11) is 0. The Morgan fingerprint density at radius 3 is 2.28 bits per heavy atom. The highest BCUT2D eigenvalue weighted by Crippen LogP contribution is 2.23. The zero-order valence-electron chi connectivity index (χ0n) is 10.6. The number of benzene rings is 2. The van der Waals surface area contributed by atoms with Crippen LogP contribution in [-0.2, 0) is 0 Å². The first-order valence-corrected chi connectivity index (χ1v) is 6.36. The lowest BCUT2D eigenvalue weighted by Gasteiger charge is -2.19. The molecule has 2 rings (SSSR count). The van der Waals surface area contributed by atoms with Gasteiger partial charge in [0.1, 0.15) is 5.82 Å². The molecule has 1 nitrogen and oxygen atoms in total. The lowest BCUT2D eigenvalue weighted by atomic mass is 10.0. The molecular weight excluding hydrogens is 225 g/mol. The van der Waals surface area contributed by atoms with Crippen molar-refractivity contribution in [2.45, 2.75) is 25.8 Å². The maximum absolute atomic E-state index is 12.9. The van der Waals surface area contributed by atoms with Crippen LogP contribution in [0.25, 0.3) is 0 Å². The smallest absolute Gasteiger partial charge is 0.123 e. The van der Waals surface area contributed by atoms with E-state index in [0.29, 0.717) is 0 Å². The van der Waals surface area contributed by atoms with Crippen LogP contribution in [0.1, 0.15) is 31.4 Å². The Hall–Kier alpha value is -1.83. The van der Waals surface area contributed by atoms with Crippen molar-refractivity contribution in [3.8, 4) is 0 Å². The molecule has 0 amide bonds. The molecule has 0 spiro atoms. The van der Waals surface area contributed by atoms with Crippen molar-refractivity contribution in [3.05, 3.63) is 66.0 Å². The number of halogens is 1. The standard InChI is InChI=1S/C16H18FN/c1-2-6-16(13-7-4-3-5-8-13)18-15-11-9-14(17)10-12-15/h3-5,7-12,16,18H,2,6H2,1H3. The first-order chi connectivity index (χ1) is 8.79. The zero-order chi connectivity index (χ0) is 12.8. The van der Waals surface area contributed by atoms with Crippen molar-refractivity contribution in [1.82, 2.24) is 0 Å². The monoisotopic (exact) mass is 243 g/mol. The third kappa shape index (κ3) is 3.33. The summed E-state index contributed by atoms with van der Waals surface area (Å²) in [5, 5.41) is 3.46. The first-order valence-electron chi connectivity index (χ1n) is 6.36. The lowest BCUT2D eigenvalue weighted by Crippen LogP contribution is -2.10. The topological polar surface area (TPSA) is 12.0 Å². The van der Waals surface area contributed by atoms with E-state index in [-0.39, 0.29) is 11.9 Å². The Morgan fingerprint density at radius 1 is 1.00 bits per heavy atom. The second kappa shape index (κ2) is 6.20. The van der Waals surface area contributed by atoms with Crippen molar-refractivity contribution >= 4 is 5.69 Å². The van der Waals surface area contributed by atoms with E-state index < -0.39 is 0 Å². The summed E-state index contributed by atoms with van der Waals surface area (Å²) in [4.78, 5) is 0. The van der Waals surface area contributed by atoms with Crippen molar-refractivity contribution in [1.29, 1.82) is 0 Å². The number of hydrogen-bond donors (Lipinski definition) is 1. The van der Waals surface area contributed by atoms with Crippen LogP contribution in [-0.4, -0.2) is 0 Å². The predicted molar refractivity (Wildman–Crippen MR) is 74.1 cm³/mol. The minimum atomic E-state index is -0.202. The first kappa shape index (κ1) is 12.6. The van der Waals surface area contributed by atoms with Crippen LogP contribution >= 0.6 is 0 Å². The van der Waals surface area contributed by atoms with Gasteiger partial charge in [0.05, 0.1) is 6.04 Å². The quantitative estimate of drug-likeness (QED) is 0.797. The predicted octanol–water partition coefficient (Wildman–Crippen LogP) is 4.78. The van der Waals surface area contributed by atoms with E-state index in [0.717, 1.165) is 18.5 Å². The molecule has 1 unspecified atom stereocenters. The van der Waals surface area contributed by atoms with Crippen molar-refractivity contribution in [2.24, 2.45) is 0 Å². The van der Waals surface area contributed by atoms with Gasteiger partial charge in [0, 0.05) is 5.69 Å². The van der Waals surface area contributed by atoms with Gasteiger partial charge in [0.25, 0.3) is 0 Å². The normalized spacial score (nSPS) is 12.1. The van der Waals surface area contributed by atoms with Gasteiger partial charge < -0.3 is 5.32 Å². The Labute approximate surface area is 108 Å². The molecule has 2 heteroatoms. The van der Waals surface area contributed by atoms with Gasteiger partial charge in [-0.3, -0.25) is 0 Å². The Bertz CT molecular complexity index is 464. The minimum absolute atomic E-state index is 0.202. The third-order valence-electron chi connectivity index (χ3n) is 2.96. The van der Waals surface area contributed by atoms with Gasteiger partial charge in [-0.05, 0) is 36.2 Å². The molecule has 0 aromatic heterocycles. The molecule has 0 aliphatic carbocycles. The van der Waals surface area contributed by atoms with E-state index in [4.69, 9.17) is 0 Å². The summed E-state index contributed by atoms with van der Waals surface area (Å²) in [6.45, 7) is 2.17. The van der Waals surface area contributed by atoms with Crippen molar-refractivity contribution in [2.75, 3.05) is 5.32 Å². The maximum Gasteiger partial charge on any atom is 0.123 e. The molecule has 0 fully saturated rings. The van der Waals surface area contributed by atoms with Crippen LogP contribution in [0.15, 0.2) is 54.6 Å². The lowest BCUT2D eigenvalue weighted by molar-refractivity contribution is 0.627. The average Bonchev–Trinajstić information content (AvgIpc) is 2.42. The van der Waals surface area contributed by atoms with E-state index in [1.807, 2.05) is 18.2 Å². The van der Waals surface area contributed by atoms with E-state index >= 15 is 0 Å². The fourth-order valence-electron chi connectivity index (χ4n) is 2.04. The summed E-state index contributed by atoms with van der Waals surface area (Å²) in [6, 6.07) is 17.2. The fourth-order valence-corrected chi connectivity index (χ4v) is 2.04. The largest absolute Gasteiger partial charge is 0.378 e. The molecule has 0 heterocycles. The van der Waals surface area contributed by atoms with Gasteiger partial charge in [-0.25, -0.2) is 4.39 Å². The van der Waals surface area contributed by atoms with E-state index in [1.54, 1.807) is 12.1 Å². The van der Waals surface area contributed by atoms with Crippen molar-refractivity contribution < 1.29 is 4.39 Å². The van der Waals surface area contributed by atoms with Gasteiger partial charge >= 0.3 is 0 Å². The SMILES string of the molecule is CCCC(Nc1ccc(F)cc1)c1ccccc1. The zero-order valence-corrected chi connectivity index (χ0v) is 10.6. The van der Waals surface area contributed by atoms with Crippen LogP contribution < -0.4 is 5.32 Å². The molecule has 18 heavy (non-hydrogen) atoms. The second-order valence-electron chi connectivity index (χ2n) is 4.40. The number of rotatable bonds is 5. The Kier molecular flexibility index (Phi) is 4.35. The maximum atomic E-state index is 12.9. The van der Waals surface area contributed by atoms with E-state index in [1.165, 1.54) is 17.7 Å². The number of anilines is 1. The van der Waals surface area contributed by atoms with Crippen LogP contribution in [0, 0.1) is 5.82 Å². The molecule has 2 aromatic carbocycles. The highest BCUT2D eigenvalue weighted by Gasteiger charge is 2.09. The van der Waals surface area contributed by atoms with Gasteiger partial charge in [-0.2, -0.15) is 0 Å². The summed E-state index contributed by atoms with van der Waals surface area (Å²) >= 11 is 0. The average molecular weight is 243 g/mol. The van der Waals surface area contributed by atoms with Gasteiger partial charge in [-0.1, -0.05) is 43.7 Å². The second-order valence-corrected chi connectivity index (χ2v) is 4.40. The van der Waals surface area contributed by atoms with Crippen LogP contribution in [0.3, 0.4) is 0 Å². The van der Waals surface area contributed by atoms with E-state index in [2.05, 4.69) is 24.4 Å². The van der Waals surface area contributed by atoms with Crippen molar-refractivity contribution in [3.63, 3.8) is 0 Å². The molecule has 0 radical (unpaired) electrons. The van der Waals surface area contributed by atoms with Gasteiger partial charge in [-0.15, -0.1) is 0 Å². The molecule has 1 N–H and O–H groups in total. The molecule has 0 bridgehead atoms. The number of nitrogens with one attached hydrogen (secondary N) is 1. The highest BCUT2D eigenvalue weighted by atomic mass is 19.1.